The maximum absolute atomic E-state index is 13.3. The molecular formula is C9H13FN8. The van der Waals surface area contributed by atoms with Crippen LogP contribution in [0.5, 0.6) is 0 Å². The van der Waals surface area contributed by atoms with Crippen molar-refractivity contribution in [1.82, 2.24) is 24.7 Å². The quantitative estimate of drug-likeness (QED) is 0.494. The van der Waals surface area contributed by atoms with E-state index in [2.05, 4.69) is 30.8 Å². The van der Waals surface area contributed by atoms with Crippen molar-refractivity contribution in [3.8, 4) is 0 Å². The highest BCUT2D eigenvalue weighted by molar-refractivity contribution is 5.40. The van der Waals surface area contributed by atoms with Gasteiger partial charge in [-0.2, -0.15) is 10.1 Å². The van der Waals surface area contributed by atoms with Crippen LogP contribution in [0.2, 0.25) is 0 Å². The minimum absolute atomic E-state index is 0.0916. The van der Waals surface area contributed by atoms with Crippen LogP contribution >= 0.6 is 0 Å². The summed E-state index contributed by atoms with van der Waals surface area (Å²) in [5.74, 6) is 5.52. The molecule has 0 aliphatic heterocycles. The molecule has 0 saturated heterocycles. The first-order valence-electron chi connectivity index (χ1n) is 5.26. The van der Waals surface area contributed by atoms with Gasteiger partial charge in [0.05, 0.1) is 6.20 Å². The zero-order chi connectivity index (χ0) is 13.0. The fraction of sp³-hybridized carbons (Fsp3) is 0.333. The minimum atomic E-state index is -0.539. The Balaban J connectivity index is 1.93. The summed E-state index contributed by atoms with van der Waals surface area (Å²) < 4.78 is 15.0. The standard InChI is InChI=1S/C9H13FN8/c1-18-5-14-7(17-18)2-3-12-8-6(10)4-13-9(15-8)16-11/h4-5H,2-3,11H2,1H3,(H2,12,13,15,16). The Kier molecular flexibility index (Phi) is 3.63. The van der Waals surface area contributed by atoms with Crippen LogP contribution in [0.1, 0.15) is 5.82 Å². The van der Waals surface area contributed by atoms with E-state index in [9.17, 15) is 4.39 Å². The van der Waals surface area contributed by atoms with Gasteiger partial charge in [-0.1, -0.05) is 0 Å². The fourth-order valence-electron chi connectivity index (χ4n) is 1.35. The zero-order valence-corrected chi connectivity index (χ0v) is 9.76. The first-order chi connectivity index (χ1) is 8.69. The predicted molar refractivity (Wildman–Crippen MR) is 63.0 cm³/mol. The van der Waals surface area contributed by atoms with Crippen molar-refractivity contribution in [2.75, 3.05) is 17.3 Å². The number of hydrogen-bond acceptors (Lipinski definition) is 7. The van der Waals surface area contributed by atoms with Gasteiger partial charge in [0.2, 0.25) is 5.95 Å². The van der Waals surface area contributed by atoms with E-state index in [0.29, 0.717) is 18.8 Å². The number of rotatable bonds is 5. The van der Waals surface area contributed by atoms with Crippen molar-refractivity contribution < 1.29 is 4.39 Å². The molecule has 0 bridgehead atoms. The van der Waals surface area contributed by atoms with Gasteiger partial charge in [-0.15, -0.1) is 0 Å². The molecule has 18 heavy (non-hydrogen) atoms. The number of anilines is 2. The van der Waals surface area contributed by atoms with Gasteiger partial charge in [-0.25, -0.2) is 20.2 Å². The van der Waals surface area contributed by atoms with Gasteiger partial charge in [-0.05, 0) is 0 Å². The van der Waals surface area contributed by atoms with Gasteiger partial charge in [0.25, 0.3) is 0 Å². The van der Waals surface area contributed by atoms with Gasteiger partial charge in [0.1, 0.15) is 6.33 Å². The summed E-state index contributed by atoms with van der Waals surface area (Å²) in [6, 6.07) is 0. The lowest BCUT2D eigenvalue weighted by atomic mass is 10.4. The van der Waals surface area contributed by atoms with Gasteiger partial charge < -0.3 is 5.32 Å². The van der Waals surface area contributed by atoms with Gasteiger partial charge in [0.15, 0.2) is 17.5 Å². The predicted octanol–water partition coefficient (Wildman–Crippen LogP) is -0.316. The summed E-state index contributed by atoms with van der Waals surface area (Å²) in [4.78, 5) is 11.5. The largest absolute Gasteiger partial charge is 0.367 e. The number of nitrogens with zero attached hydrogens (tertiary/aromatic N) is 5. The SMILES string of the molecule is Cn1cnc(CCNc2nc(NN)ncc2F)n1. The Morgan fingerprint density at radius 1 is 1.44 bits per heavy atom. The van der Waals surface area contributed by atoms with Gasteiger partial charge >= 0.3 is 0 Å². The normalized spacial score (nSPS) is 10.4. The van der Waals surface area contributed by atoms with E-state index < -0.39 is 5.82 Å². The molecule has 0 saturated carbocycles. The van der Waals surface area contributed by atoms with Gasteiger partial charge in [0, 0.05) is 20.0 Å². The van der Waals surface area contributed by atoms with Crippen molar-refractivity contribution in [2.24, 2.45) is 12.9 Å². The molecule has 0 aliphatic carbocycles. The van der Waals surface area contributed by atoms with Crippen LogP contribution in [0.15, 0.2) is 12.5 Å². The molecule has 2 rings (SSSR count). The third-order valence-corrected chi connectivity index (χ3v) is 2.16. The van der Waals surface area contributed by atoms with E-state index in [1.54, 1.807) is 18.1 Å². The zero-order valence-electron chi connectivity index (χ0n) is 9.76. The fourth-order valence-corrected chi connectivity index (χ4v) is 1.35. The lowest BCUT2D eigenvalue weighted by molar-refractivity contribution is 0.617. The molecule has 8 nitrogen and oxygen atoms in total. The minimum Gasteiger partial charge on any atom is -0.367 e. The maximum Gasteiger partial charge on any atom is 0.239 e. The molecule has 2 heterocycles. The smallest absolute Gasteiger partial charge is 0.239 e. The van der Waals surface area contributed by atoms with Crippen molar-refractivity contribution >= 4 is 11.8 Å². The lowest BCUT2D eigenvalue weighted by Gasteiger charge is -2.06. The van der Waals surface area contributed by atoms with Crippen LogP contribution in [-0.4, -0.2) is 31.3 Å². The highest BCUT2D eigenvalue weighted by Gasteiger charge is 2.06. The number of nitrogens with one attached hydrogen (secondary N) is 2. The molecule has 4 N–H and O–H groups in total. The van der Waals surface area contributed by atoms with E-state index >= 15 is 0 Å². The highest BCUT2D eigenvalue weighted by Crippen LogP contribution is 2.10. The molecule has 2 aromatic rings. The molecule has 96 valence electrons. The van der Waals surface area contributed by atoms with Crippen LogP contribution in [0, 0.1) is 5.82 Å². The van der Waals surface area contributed by atoms with Crippen molar-refractivity contribution in [3.05, 3.63) is 24.2 Å². The summed E-state index contributed by atoms with van der Waals surface area (Å²) in [5, 5.41) is 6.94. The molecule has 0 amide bonds. The molecule has 0 aromatic carbocycles. The Hall–Kier alpha value is -2.29. The monoisotopic (exact) mass is 252 g/mol. The summed E-state index contributed by atoms with van der Waals surface area (Å²) in [5.41, 5.74) is 2.25. The molecule has 0 unspecified atom stereocenters. The number of nitrogens with two attached hydrogens (primary N) is 1. The second-order valence-electron chi connectivity index (χ2n) is 3.55. The number of halogens is 1. The highest BCUT2D eigenvalue weighted by atomic mass is 19.1. The molecule has 0 aliphatic rings. The molecule has 0 spiro atoms. The first-order valence-corrected chi connectivity index (χ1v) is 5.26. The van der Waals surface area contributed by atoms with Crippen molar-refractivity contribution in [2.45, 2.75) is 6.42 Å². The van der Waals surface area contributed by atoms with Crippen LogP contribution in [-0.2, 0) is 13.5 Å². The lowest BCUT2D eigenvalue weighted by Crippen LogP contribution is -2.14. The van der Waals surface area contributed by atoms with E-state index in [-0.39, 0.29) is 11.8 Å². The molecule has 0 fully saturated rings. The first kappa shape index (κ1) is 12.2. The van der Waals surface area contributed by atoms with Gasteiger partial charge in [-0.3, -0.25) is 10.1 Å². The Bertz CT molecular complexity index is 525. The maximum atomic E-state index is 13.3. The molecular weight excluding hydrogens is 239 g/mol. The van der Waals surface area contributed by atoms with Crippen LogP contribution < -0.4 is 16.6 Å². The van der Waals surface area contributed by atoms with E-state index in [4.69, 9.17) is 5.84 Å². The summed E-state index contributed by atoms with van der Waals surface area (Å²) >= 11 is 0. The molecule has 0 atom stereocenters. The van der Waals surface area contributed by atoms with Crippen molar-refractivity contribution in [3.63, 3.8) is 0 Å². The second-order valence-corrected chi connectivity index (χ2v) is 3.55. The van der Waals surface area contributed by atoms with Crippen molar-refractivity contribution in [1.29, 1.82) is 0 Å². The Morgan fingerprint density at radius 3 is 2.94 bits per heavy atom. The topological polar surface area (TPSA) is 107 Å². The average Bonchev–Trinajstić information content (AvgIpc) is 2.77. The van der Waals surface area contributed by atoms with Crippen LogP contribution in [0.4, 0.5) is 16.2 Å². The third-order valence-electron chi connectivity index (χ3n) is 2.16. The molecule has 0 radical (unpaired) electrons. The Labute approximate surface area is 102 Å². The summed E-state index contributed by atoms with van der Waals surface area (Å²) in [6.07, 6.45) is 3.22. The van der Waals surface area contributed by atoms with E-state index in [0.717, 1.165) is 6.20 Å². The molecule has 2 aromatic heterocycles. The second kappa shape index (κ2) is 5.36. The van der Waals surface area contributed by atoms with Crippen LogP contribution in [0.3, 0.4) is 0 Å². The number of hydrogen-bond donors (Lipinski definition) is 3. The van der Waals surface area contributed by atoms with Crippen LogP contribution in [0.25, 0.3) is 0 Å². The van der Waals surface area contributed by atoms with E-state index in [1.807, 2.05) is 0 Å². The number of aryl methyl sites for hydroxylation is 1. The summed E-state index contributed by atoms with van der Waals surface area (Å²) in [7, 11) is 1.78. The molecule has 9 heteroatoms. The average molecular weight is 252 g/mol. The third kappa shape index (κ3) is 2.88. The number of aromatic nitrogens is 5. The van der Waals surface area contributed by atoms with E-state index in [1.165, 1.54) is 0 Å². The number of nitrogen functional groups attached to an aromatic ring is 1. The number of hydrazine groups is 1. The Morgan fingerprint density at radius 2 is 2.28 bits per heavy atom. The summed E-state index contributed by atoms with van der Waals surface area (Å²) in [6.45, 7) is 0.460.